The van der Waals surface area contributed by atoms with Crippen LogP contribution >= 0.6 is 15.9 Å². The van der Waals surface area contributed by atoms with E-state index in [1.54, 1.807) is 12.4 Å². The Morgan fingerprint density at radius 3 is 2.67 bits per heavy atom. The third kappa shape index (κ3) is 3.87. The van der Waals surface area contributed by atoms with Crippen LogP contribution in [0, 0.1) is 0 Å². The van der Waals surface area contributed by atoms with Crippen LogP contribution in [0.15, 0.2) is 16.9 Å². The molecule has 1 aromatic rings. The molecule has 5 nitrogen and oxygen atoms in total. The molecule has 0 saturated heterocycles. The van der Waals surface area contributed by atoms with Gasteiger partial charge in [-0.2, -0.15) is 0 Å². The van der Waals surface area contributed by atoms with Gasteiger partial charge in [0, 0.05) is 32.3 Å². The molecule has 0 radical (unpaired) electrons. The molecule has 1 amide bonds. The molecule has 0 unspecified atom stereocenters. The number of hydrogen-bond donors (Lipinski definition) is 2. The lowest BCUT2D eigenvalue weighted by Gasteiger charge is -2.19. The van der Waals surface area contributed by atoms with Crippen molar-refractivity contribution in [1.82, 2.24) is 9.88 Å². The Kier molecular flexibility index (Phi) is 5.91. The number of hydrogen-bond acceptors (Lipinski definition) is 4. The highest BCUT2D eigenvalue weighted by molar-refractivity contribution is 9.10. The Balaban J connectivity index is 2.49. The van der Waals surface area contributed by atoms with Crippen molar-refractivity contribution in [2.45, 2.75) is 20.3 Å². The first kappa shape index (κ1) is 14.8. The van der Waals surface area contributed by atoms with Crippen molar-refractivity contribution in [2.24, 2.45) is 0 Å². The fraction of sp³-hybridized carbons (Fsp3) is 0.500. The van der Waals surface area contributed by atoms with Crippen LogP contribution in [0.5, 0.6) is 0 Å². The van der Waals surface area contributed by atoms with Gasteiger partial charge in [-0.25, -0.2) is 0 Å². The van der Waals surface area contributed by atoms with Crippen molar-refractivity contribution < 1.29 is 4.79 Å². The first-order valence-electron chi connectivity index (χ1n) is 6.00. The van der Waals surface area contributed by atoms with Gasteiger partial charge in [-0.15, -0.1) is 0 Å². The molecule has 0 atom stereocenters. The summed E-state index contributed by atoms with van der Waals surface area (Å²) in [7, 11) is 0. The Morgan fingerprint density at radius 2 is 2.11 bits per heavy atom. The quantitative estimate of drug-likeness (QED) is 0.843. The van der Waals surface area contributed by atoms with Crippen LogP contribution in [0.25, 0.3) is 0 Å². The van der Waals surface area contributed by atoms with E-state index in [2.05, 4.69) is 26.2 Å². The number of aromatic nitrogens is 1. The van der Waals surface area contributed by atoms with E-state index in [9.17, 15) is 4.79 Å². The highest BCUT2D eigenvalue weighted by Crippen LogP contribution is 2.26. The van der Waals surface area contributed by atoms with Crippen LogP contribution in [0.2, 0.25) is 0 Å². The maximum Gasteiger partial charge on any atom is 0.224 e. The number of nitrogens with one attached hydrogen (secondary N) is 1. The number of pyridine rings is 1. The predicted molar refractivity (Wildman–Crippen MR) is 77.4 cm³/mol. The van der Waals surface area contributed by atoms with Crippen LogP contribution in [-0.4, -0.2) is 35.4 Å². The smallest absolute Gasteiger partial charge is 0.224 e. The van der Waals surface area contributed by atoms with Crippen LogP contribution < -0.4 is 11.1 Å². The molecule has 0 aliphatic heterocycles. The van der Waals surface area contributed by atoms with Crippen LogP contribution in [-0.2, 0) is 4.79 Å². The predicted octanol–water partition coefficient (Wildman–Crippen LogP) is 2.10. The molecule has 1 rings (SSSR count). The van der Waals surface area contributed by atoms with Crippen molar-refractivity contribution in [3.63, 3.8) is 0 Å². The SMILES string of the molecule is CCN(CC)C(=O)CCNc1c(N)cncc1Br. The first-order chi connectivity index (χ1) is 8.60. The second-order valence-corrected chi connectivity index (χ2v) is 4.68. The maximum absolute atomic E-state index is 11.8. The highest BCUT2D eigenvalue weighted by Gasteiger charge is 2.10. The van der Waals surface area contributed by atoms with Gasteiger partial charge in [0.1, 0.15) is 0 Å². The number of halogens is 1. The van der Waals surface area contributed by atoms with Gasteiger partial charge < -0.3 is 16.0 Å². The topological polar surface area (TPSA) is 71.2 Å². The Labute approximate surface area is 116 Å². The van der Waals surface area contributed by atoms with E-state index in [0.29, 0.717) is 18.7 Å². The fourth-order valence-electron chi connectivity index (χ4n) is 1.67. The lowest BCUT2D eigenvalue weighted by atomic mass is 10.3. The largest absolute Gasteiger partial charge is 0.396 e. The van der Waals surface area contributed by atoms with Gasteiger partial charge in [0.05, 0.1) is 22.0 Å². The minimum Gasteiger partial charge on any atom is -0.396 e. The minimum atomic E-state index is 0.149. The molecular weight excluding hydrogens is 296 g/mol. The van der Waals surface area contributed by atoms with Crippen molar-refractivity contribution in [3.05, 3.63) is 16.9 Å². The number of rotatable bonds is 6. The molecule has 18 heavy (non-hydrogen) atoms. The zero-order valence-electron chi connectivity index (χ0n) is 10.7. The van der Waals surface area contributed by atoms with Crippen LogP contribution in [0.1, 0.15) is 20.3 Å². The Bertz CT molecular complexity index is 387. The molecule has 0 aromatic carbocycles. The molecular formula is C12H19BrN4O. The zero-order chi connectivity index (χ0) is 13.5. The first-order valence-corrected chi connectivity index (χ1v) is 6.80. The molecule has 0 fully saturated rings. The number of carbonyl (C=O) groups excluding carboxylic acids is 1. The summed E-state index contributed by atoms with van der Waals surface area (Å²) in [6.45, 7) is 6.01. The summed E-state index contributed by atoms with van der Waals surface area (Å²) < 4.78 is 0.804. The van der Waals surface area contributed by atoms with Gasteiger partial charge in [0.15, 0.2) is 0 Å². The summed E-state index contributed by atoms with van der Waals surface area (Å²) in [5, 5.41) is 3.16. The summed E-state index contributed by atoms with van der Waals surface area (Å²) in [4.78, 5) is 17.6. The van der Waals surface area contributed by atoms with E-state index < -0.39 is 0 Å². The molecule has 0 aliphatic carbocycles. The fourth-order valence-corrected chi connectivity index (χ4v) is 2.15. The number of anilines is 2. The molecule has 1 aromatic heterocycles. The van der Waals surface area contributed by atoms with Crippen LogP contribution in [0.3, 0.4) is 0 Å². The Morgan fingerprint density at radius 1 is 1.44 bits per heavy atom. The lowest BCUT2D eigenvalue weighted by Crippen LogP contribution is -2.31. The molecule has 0 aliphatic rings. The summed E-state index contributed by atoms with van der Waals surface area (Å²) in [5.41, 5.74) is 7.16. The van der Waals surface area contributed by atoms with Crippen LogP contribution in [0.4, 0.5) is 11.4 Å². The summed E-state index contributed by atoms with van der Waals surface area (Å²) >= 11 is 3.37. The van der Waals surface area contributed by atoms with Gasteiger partial charge >= 0.3 is 0 Å². The van der Waals surface area contributed by atoms with E-state index in [1.165, 1.54) is 0 Å². The van der Waals surface area contributed by atoms with Gasteiger partial charge in [0.25, 0.3) is 0 Å². The maximum atomic E-state index is 11.8. The molecule has 100 valence electrons. The number of carbonyl (C=O) groups is 1. The third-order valence-electron chi connectivity index (χ3n) is 2.69. The van der Waals surface area contributed by atoms with Crippen molar-refractivity contribution in [1.29, 1.82) is 0 Å². The second-order valence-electron chi connectivity index (χ2n) is 3.83. The number of nitrogens with two attached hydrogens (primary N) is 1. The average molecular weight is 315 g/mol. The molecule has 0 bridgehead atoms. The van der Waals surface area contributed by atoms with E-state index >= 15 is 0 Å². The highest BCUT2D eigenvalue weighted by atomic mass is 79.9. The van der Waals surface area contributed by atoms with Gasteiger partial charge in [-0.3, -0.25) is 9.78 Å². The molecule has 3 N–H and O–H groups in total. The molecule has 0 spiro atoms. The van der Waals surface area contributed by atoms with Crippen molar-refractivity contribution in [2.75, 3.05) is 30.7 Å². The van der Waals surface area contributed by atoms with E-state index in [0.717, 1.165) is 23.2 Å². The summed E-state index contributed by atoms with van der Waals surface area (Å²) in [5.74, 6) is 0.149. The van der Waals surface area contributed by atoms with Gasteiger partial charge in [-0.1, -0.05) is 0 Å². The standard InChI is InChI=1S/C12H19BrN4O/c1-3-17(4-2)11(18)5-6-16-12-9(13)7-15-8-10(12)14/h7-8H,3-6,14H2,1-2H3,(H,15,16). The van der Waals surface area contributed by atoms with Gasteiger partial charge in [-0.05, 0) is 29.8 Å². The van der Waals surface area contributed by atoms with Crippen molar-refractivity contribution in [3.8, 4) is 0 Å². The summed E-state index contributed by atoms with van der Waals surface area (Å²) in [6, 6.07) is 0. The molecule has 0 saturated carbocycles. The molecule has 6 heteroatoms. The van der Waals surface area contributed by atoms with Gasteiger partial charge in [0.2, 0.25) is 5.91 Å². The number of nitrogens with zero attached hydrogens (tertiary/aromatic N) is 2. The zero-order valence-corrected chi connectivity index (χ0v) is 12.3. The van der Waals surface area contributed by atoms with E-state index in [-0.39, 0.29) is 5.91 Å². The molecule has 1 heterocycles. The second kappa shape index (κ2) is 7.20. The minimum absolute atomic E-state index is 0.149. The van der Waals surface area contributed by atoms with Crippen molar-refractivity contribution >= 4 is 33.2 Å². The average Bonchev–Trinajstić information content (AvgIpc) is 2.34. The normalized spacial score (nSPS) is 10.2. The lowest BCUT2D eigenvalue weighted by molar-refractivity contribution is -0.130. The number of amides is 1. The van der Waals surface area contributed by atoms with E-state index in [4.69, 9.17) is 5.73 Å². The van der Waals surface area contributed by atoms with E-state index in [1.807, 2.05) is 18.7 Å². The third-order valence-corrected chi connectivity index (χ3v) is 3.29. The monoisotopic (exact) mass is 314 g/mol. The number of nitrogen functional groups attached to an aromatic ring is 1. The Hall–Kier alpha value is -1.30. The summed E-state index contributed by atoms with van der Waals surface area (Å²) in [6.07, 6.45) is 3.71.